The lowest BCUT2D eigenvalue weighted by molar-refractivity contribution is -0.205. The molecule has 182 valence electrons. The van der Waals surface area contributed by atoms with Gasteiger partial charge < -0.3 is 10.2 Å². The fourth-order valence-corrected chi connectivity index (χ4v) is 10.9. The van der Waals surface area contributed by atoms with E-state index in [-0.39, 0.29) is 22.3 Å². The highest BCUT2D eigenvalue weighted by Crippen LogP contribution is 2.75. The summed E-state index contributed by atoms with van der Waals surface area (Å²) in [7, 11) is 0. The molecule has 5 rings (SSSR count). The van der Waals surface area contributed by atoms with Crippen LogP contribution in [0.4, 0.5) is 0 Å². The number of hydrogen-bond acceptors (Lipinski definition) is 2. The van der Waals surface area contributed by atoms with Crippen LogP contribution in [0.2, 0.25) is 0 Å². The summed E-state index contributed by atoms with van der Waals surface area (Å²) in [5.74, 6) is 3.29. The van der Waals surface area contributed by atoms with E-state index in [1.165, 1.54) is 51.4 Å². The molecule has 32 heavy (non-hydrogen) atoms. The van der Waals surface area contributed by atoms with Crippen molar-refractivity contribution in [3.63, 3.8) is 0 Å². The third kappa shape index (κ3) is 2.66. The Morgan fingerprint density at radius 3 is 2.28 bits per heavy atom. The van der Waals surface area contributed by atoms with E-state index >= 15 is 0 Å². The first-order chi connectivity index (χ1) is 14.9. The van der Waals surface area contributed by atoms with Crippen LogP contribution in [0.3, 0.4) is 0 Å². The Labute approximate surface area is 197 Å². The molecule has 0 aromatic carbocycles. The van der Waals surface area contributed by atoms with Gasteiger partial charge in [0.05, 0.1) is 6.10 Å². The fraction of sp³-hybridized carbons (Fsp3) is 0.933. The topological polar surface area (TPSA) is 40.5 Å². The lowest BCUT2D eigenvalue weighted by atomic mass is 9.33. The summed E-state index contributed by atoms with van der Waals surface area (Å²) in [5, 5.41) is 21.6. The van der Waals surface area contributed by atoms with Gasteiger partial charge in [0.1, 0.15) is 0 Å². The molecule has 0 heterocycles. The molecule has 2 heteroatoms. The zero-order valence-corrected chi connectivity index (χ0v) is 22.0. The molecular weight excluding hydrogens is 392 g/mol. The Balaban J connectivity index is 1.59. The van der Waals surface area contributed by atoms with Crippen LogP contribution in [-0.2, 0) is 0 Å². The maximum Gasteiger partial charge on any atom is 0.0594 e. The zero-order valence-electron chi connectivity index (χ0n) is 22.0. The molecule has 5 aliphatic rings. The quantitative estimate of drug-likeness (QED) is 0.429. The number of aliphatic hydroxyl groups is 2. The predicted octanol–water partition coefficient (Wildman–Crippen LogP) is 7.00. The second-order valence-corrected chi connectivity index (χ2v) is 14.5. The van der Waals surface area contributed by atoms with Crippen LogP contribution >= 0.6 is 0 Å². The smallest absolute Gasteiger partial charge is 0.0594 e. The summed E-state index contributed by atoms with van der Waals surface area (Å²) in [6, 6.07) is 0. The Morgan fingerprint density at radius 1 is 0.875 bits per heavy atom. The summed E-state index contributed by atoms with van der Waals surface area (Å²) in [5.41, 5.74) is 2.77. The standard InChI is InChI=1S/C30H50O2/c1-19-10-15-30(18-31)17-16-28(6)21(25(30)20(19)2)8-9-23-27(5)13-12-24(32)26(3,4)22(27)11-14-29(23,28)7/h8,19-20,22-25,31-32H,9-18H2,1-7H3/t19-,20+,22+,23+,24+,25+,27-,28+,29+,30-/m0/s1. The molecule has 0 bridgehead atoms. The van der Waals surface area contributed by atoms with Crippen molar-refractivity contribution in [2.45, 2.75) is 112 Å². The SMILES string of the molecule is C[C@@H]1[C@@H](C)CC[C@@]2(CO)CC[C@]3(C)C(=CC[C@@H]4[C@@]5(C)CC[C@@H](O)C(C)(C)[C@H]5CC[C@]43C)[C@@H]12. The fourth-order valence-electron chi connectivity index (χ4n) is 10.9. The van der Waals surface area contributed by atoms with Crippen LogP contribution in [0.15, 0.2) is 11.6 Å². The van der Waals surface area contributed by atoms with E-state index in [0.29, 0.717) is 41.1 Å². The van der Waals surface area contributed by atoms with Gasteiger partial charge >= 0.3 is 0 Å². The summed E-state index contributed by atoms with van der Waals surface area (Å²) >= 11 is 0. The van der Waals surface area contributed by atoms with E-state index in [4.69, 9.17) is 0 Å². The Bertz CT molecular complexity index is 799. The van der Waals surface area contributed by atoms with E-state index in [9.17, 15) is 10.2 Å². The molecule has 4 fully saturated rings. The van der Waals surface area contributed by atoms with Gasteiger partial charge in [0.25, 0.3) is 0 Å². The van der Waals surface area contributed by atoms with E-state index < -0.39 is 0 Å². The first kappa shape index (κ1) is 23.4. The monoisotopic (exact) mass is 442 g/mol. The molecule has 0 amide bonds. The van der Waals surface area contributed by atoms with Crippen molar-refractivity contribution in [3.8, 4) is 0 Å². The molecule has 0 aromatic rings. The number of rotatable bonds is 1. The summed E-state index contributed by atoms with van der Waals surface area (Å²) in [6.45, 7) is 17.9. The highest BCUT2D eigenvalue weighted by atomic mass is 16.3. The molecule has 4 saturated carbocycles. The van der Waals surface area contributed by atoms with Crippen molar-refractivity contribution in [1.29, 1.82) is 0 Å². The summed E-state index contributed by atoms with van der Waals surface area (Å²) in [6.07, 6.45) is 13.4. The minimum Gasteiger partial charge on any atom is -0.396 e. The second-order valence-electron chi connectivity index (χ2n) is 14.5. The average Bonchev–Trinajstić information content (AvgIpc) is 2.74. The van der Waals surface area contributed by atoms with Gasteiger partial charge in [-0.3, -0.25) is 0 Å². The molecular formula is C30H50O2. The highest BCUT2D eigenvalue weighted by molar-refractivity contribution is 5.34. The molecule has 0 radical (unpaired) electrons. The van der Waals surface area contributed by atoms with Crippen LogP contribution in [0.5, 0.6) is 0 Å². The van der Waals surface area contributed by atoms with Crippen molar-refractivity contribution < 1.29 is 10.2 Å². The first-order valence-electron chi connectivity index (χ1n) is 13.9. The van der Waals surface area contributed by atoms with Crippen LogP contribution in [0, 0.1) is 56.7 Å². The number of fused-ring (bicyclic) bond motifs is 7. The van der Waals surface area contributed by atoms with E-state index in [2.05, 4.69) is 54.5 Å². The lowest BCUT2D eigenvalue weighted by Crippen LogP contribution is -2.65. The molecule has 0 aromatic heterocycles. The van der Waals surface area contributed by atoms with Gasteiger partial charge in [0.15, 0.2) is 0 Å². The minimum absolute atomic E-state index is 0.0190. The van der Waals surface area contributed by atoms with Gasteiger partial charge in [0, 0.05) is 12.0 Å². The molecule has 5 aliphatic carbocycles. The van der Waals surface area contributed by atoms with Gasteiger partial charge in [-0.25, -0.2) is 0 Å². The highest BCUT2D eigenvalue weighted by Gasteiger charge is 2.68. The van der Waals surface area contributed by atoms with E-state index in [1.807, 2.05) is 0 Å². The van der Waals surface area contributed by atoms with Gasteiger partial charge in [-0.2, -0.15) is 0 Å². The van der Waals surface area contributed by atoms with Gasteiger partial charge in [-0.15, -0.1) is 0 Å². The Morgan fingerprint density at radius 2 is 1.59 bits per heavy atom. The van der Waals surface area contributed by atoms with Crippen molar-refractivity contribution >= 4 is 0 Å². The van der Waals surface area contributed by atoms with Crippen LogP contribution in [0.25, 0.3) is 0 Å². The molecule has 0 aliphatic heterocycles. The largest absolute Gasteiger partial charge is 0.396 e. The lowest BCUT2D eigenvalue weighted by Gasteiger charge is -2.71. The van der Waals surface area contributed by atoms with Crippen molar-refractivity contribution in [2.75, 3.05) is 6.61 Å². The average molecular weight is 443 g/mol. The van der Waals surface area contributed by atoms with E-state index in [1.54, 1.807) is 5.57 Å². The van der Waals surface area contributed by atoms with Crippen molar-refractivity contribution in [1.82, 2.24) is 0 Å². The summed E-state index contributed by atoms with van der Waals surface area (Å²) in [4.78, 5) is 0. The van der Waals surface area contributed by atoms with Crippen molar-refractivity contribution in [2.24, 2.45) is 56.7 Å². The molecule has 0 spiro atoms. The molecule has 0 unspecified atom stereocenters. The molecule has 2 nitrogen and oxygen atoms in total. The van der Waals surface area contributed by atoms with Gasteiger partial charge in [-0.05, 0) is 109 Å². The second kappa shape index (κ2) is 7.09. The van der Waals surface area contributed by atoms with Crippen LogP contribution < -0.4 is 0 Å². The van der Waals surface area contributed by atoms with Crippen LogP contribution in [-0.4, -0.2) is 22.9 Å². The number of aliphatic hydroxyl groups excluding tert-OH is 2. The first-order valence-corrected chi connectivity index (χ1v) is 13.9. The third-order valence-corrected chi connectivity index (χ3v) is 13.5. The maximum atomic E-state index is 10.9. The molecule has 2 N–H and O–H groups in total. The number of hydrogen-bond donors (Lipinski definition) is 2. The van der Waals surface area contributed by atoms with Gasteiger partial charge in [0.2, 0.25) is 0 Å². The zero-order chi connectivity index (χ0) is 23.3. The molecule has 10 atom stereocenters. The Hall–Kier alpha value is -0.340. The van der Waals surface area contributed by atoms with E-state index in [0.717, 1.165) is 12.3 Å². The van der Waals surface area contributed by atoms with Gasteiger partial charge in [-0.1, -0.05) is 60.1 Å². The summed E-state index contributed by atoms with van der Waals surface area (Å²) < 4.78 is 0. The maximum absolute atomic E-state index is 10.9. The third-order valence-electron chi connectivity index (χ3n) is 13.5. The van der Waals surface area contributed by atoms with Crippen molar-refractivity contribution in [3.05, 3.63) is 11.6 Å². The molecule has 0 saturated heterocycles. The van der Waals surface area contributed by atoms with Crippen LogP contribution in [0.1, 0.15) is 106 Å². The normalized spacial score (nSPS) is 56.8. The predicted molar refractivity (Wildman–Crippen MR) is 132 cm³/mol. The number of allylic oxidation sites excluding steroid dienone is 2. The minimum atomic E-state index is -0.153. The Kier molecular flexibility index (Phi) is 5.19.